The molecule has 0 spiro atoms. The molecular weight excluding hydrogens is 290 g/mol. The van der Waals surface area contributed by atoms with E-state index in [0.29, 0.717) is 16.5 Å². The fourth-order valence-electron chi connectivity index (χ4n) is 1.70. The summed E-state index contributed by atoms with van der Waals surface area (Å²) in [5, 5.41) is 0.585. The molecule has 0 fully saturated rings. The van der Waals surface area contributed by atoms with Crippen LogP contribution in [-0.2, 0) is 16.1 Å². The number of hydrogen-bond acceptors (Lipinski definition) is 4. The van der Waals surface area contributed by atoms with Gasteiger partial charge in [-0.3, -0.25) is 4.79 Å². The van der Waals surface area contributed by atoms with Crippen LogP contribution in [0.3, 0.4) is 0 Å². The van der Waals surface area contributed by atoms with E-state index in [4.69, 9.17) is 26.8 Å². The maximum absolute atomic E-state index is 11.6. The van der Waals surface area contributed by atoms with Gasteiger partial charge >= 0.3 is 5.97 Å². The molecule has 0 aromatic heterocycles. The van der Waals surface area contributed by atoms with Crippen LogP contribution in [0.5, 0.6) is 5.75 Å². The maximum Gasteiger partial charge on any atom is 0.309 e. The molecule has 0 aliphatic carbocycles. The smallest absolute Gasteiger partial charge is 0.309 e. The maximum atomic E-state index is 11.6. The molecule has 0 bridgehead atoms. The van der Waals surface area contributed by atoms with Crippen molar-refractivity contribution in [2.75, 3.05) is 12.3 Å². The molecule has 0 radical (unpaired) electrons. The summed E-state index contributed by atoms with van der Waals surface area (Å²) in [6.07, 6.45) is 0.166. The van der Waals surface area contributed by atoms with E-state index in [9.17, 15) is 4.79 Å². The lowest BCUT2D eigenvalue weighted by Gasteiger charge is -2.08. The molecule has 2 N–H and O–H groups in total. The number of ether oxygens (including phenoxy) is 2. The average molecular weight is 306 g/mol. The summed E-state index contributed by atoms with van der Waals surface area (Å²) in [6.45, 7) is 0.404. The molecule has 2 aromatic rings. The highest BCUT2D eigenvalue weighted by Gasteiger charge is 2.06. The molecule has 0 atom stereocenters. The number of nitrogens with two attached hydrogens (primary N) is 1. The van der Waals surface area contributed by atoms with Crippen molar-refractivity contribution in [2.24, 2.45) is 0 Å². The van der Waals surface area contributed by atoms with Crippen LogP contribution < -0.4 is 10.5 Å². The van der Waals surface area contributed by atoms with Gasteiger partial charge in [0.2, 0.25) is 0 Å². The van der Waals surface area contributed by atoms with Crippen molar-refractivity contribution in [3.05, 3.63) is 59.1 Å². The van der Waals surface area contributed by atoms with Gasteiger partial charge in [-0.25, -0.2) is 0 Å². The van der Waals surface area contributed by atoms with Crippen molar-refractivity contribution in [3.63, 3.8) is 0 Å². The van der Waals surface area contributed by atoms with Crippen molar-refractivity contribution >= 4 is 23.3 Å². The Morgan fingerprint density at radius 2 is 1.95 bits per heavy atom. The highest BCUT2D eigenvalue weighted by molar-refractivity contribution is 6.31. The Balaban J connectivity index is 1.72. The zero-order valence-corrected chi connectivity index (χ0v) is 12.2. The van der Waals surface area contributed by atoms with E-state index >= 15 is 0 Å². The Kier molecular flexibility index (Phi) is 5.46. The summed E-state index contributed by atoms with van der Waals surface area (Å²) in [6, 6.07) is 14.3. The van der Waals surface area contributed by atoms with Gasteiger partial charge in [-0.15, -0.1) is 0 Å². The molecule has 0 saturated heterocycles. The number of carbonyl (C=O) groups excluding carboxylic acids is 1. The highest BCUT2D eigenvalue weighted by atomic mass is 35.5. The van der Waals surface area contributed by atoms with E-state index in [-0.39, 0.29) is 25.6 Å². The Labute approximate surface area is 128 Å². The second-order valence-corrected chi connectivity index (χ2v) is 4.83. The summed E-state index contributed by atoms with van der Waals surface area (Å²) in [7, 11) is 0. The SMILES string of the molecule is Nc1cccc(OCCC(=O)OCc2ccccc2Cl)c1. The first kappa shape index (κ1) is 15.2. The van der Waals surface area contributed by atoms with Gasteiger partial charge in [0, 0.05) is 22.3 Å². The number of nitrogen functional groups attached to an aromatic ring is 1. The van der Waals surface area contributed by atoms with Crippen molar-refractivity contribution in [1.29, 1.82) is 0 Å². The van der Waals surface area contributed by atoms with Crippen LogP contribution in [0.1, 0.15) is 12.0 Å². The number of rotatable bonds is 6. The van der Waals surface area contributed by atoms with Crippen LogP contribution in [0.4, 0.5) is 5.69 Å². The Morgan fingerprint density at radius 1 is 1.14 bits per heavy atom. The topological polar surface area (TPSA) is 61.5 Å². The third-order valence-corrected chi connectivity index (χ3v) is 3.15. The number of anilines is 1. The second kappa shape index (κ2) is 7.55. The highest BCUT2D eigenvalue weighted by Crippen LogP contribution is 2.16. The fraction of sp³-hybridized carbons (Fsp3) is 0.188. The van der Waals surface area contributed by atoms with Gasteiger partial charge < -0.3 is 15.2 Å². The zero-order chi connectivity index (χ0) is 15.1. The quantitative estimate of drug-likeness (QED) is 0.656. The fourth-order valence-corrected chi connectivity index (χ4v) is 1.89. The molecule has 0 saturated carbocycles. The van der Waals surface area contributed by atoms with E-state index in [1.54, 1.807) is 30.3 Å². The van der Waals surface area contributed by atoms with Gasteiger partial charge in [0.05, 0.1) is 13.0 Å². The van der Waals surface area contributed by atoms with Gasteiger partial charge in [0.15, 0.2) is 0 Å². The summed E-state index contributed by atoms with van der Waals surface area (Å²) in [5.74, 6) is 0.299. The predicted octanol–water partition coefficient (Wildman–Crippen LogP) is 3.43. The van der Waals surface area contributed by atoms with Crippen molar-refractivity contribution < 1.29 is 14.3 Å². The number of halogens is 1. The first-order valence-corrected chi connectivity index (χ1v) is 6.90. The van der Waals surface area contributed by atoms with E-state index in [2.05, 4.69) is 0 Å². The molecule has 0 unspecified atom stereocenters. The number of esters is 1. The van der Waals surface area contributed by atoms with Crippen LogP contribution >= 0.6 is 11.6 Å². The molecule has 4 nitrogen and oxygen atoms in total. The zero-order valence-electron chi connectivity index (χ0n) is 11.4. The number of carbonyl (C=O) groups is 1. The molecule has 0 heterocycles. The summed E-state index contributed by atoms with van der Waals surface area (Å²) >= 11 is 5.98. The normalized spacial score (nSPS) is 10.1. The Morgan fingerprint density at radius 3 is 2.71 bits per heavy atom. The largest absolute Gasteiger partial charge is 0.493 e. The number of benzene rings is 2. The molecule has 0 aliphatic heterocycles. The van der Waals surface area contributed by atoms with E-state index in [0.717, 1.165) is 5.56 Å². The lowest BCUT2D eigenvalue weighted by atomic mass is 10.2. The molecule has 5 heteroatoms. The molecular formula is C16H16ClNO3. The van der Waals surface area contributed by atoms with E-state index < -0.39 is 0 Å². The Bertz CT molecular complexity index is 616. The van der Waals surface area contributed by atoms with E-state index in [1.165, 1.54) is 0 Å². The standard InChI is InChI=1S/C16H16ClNO3/c17-15-7-2-1-4-12(15)11-21-16(19)8-9-20-14-6-3-5-13(18)10-14/h1-7,10H,8-9,11,18H2. The Hall–Kier alpha value is -2.20. The van der Waals surface area contributed by atoms with Crippen LogP contribution in [0.25, 0.3) is 0 Å². The first-order valence-electron chi connectivity index (χ1n) is 6.52. The molecule has 0 amide bonds. The van der Waals surface area contributed by atoms with Crippen LogP contribution in [0.2, 0.25) is 5.02 Å². The van der Waals surface area contributed by atoms with Gasteiger partial charge in [-0.05, 0) is 18.2 Å². The molecule has 0 aliphatic rings. The van der Waals surface area contributed by atoms with Crippen LogP contribution in [0.15, 0.2) is 48.5 Å². The van der Waals surface area contributed by atoms with Crippen molar-refractivity contribution in [1.82, 2.24) is 0 Å². The van der Waals surface area contributed by atoms with Gasteiger partial charge in [0.25, 0.3) is 0 Å². The second-order valence-electron chi connectivity index (χ2n) is 4.42. The lowest BCUT2D eigenvalue weighted by molar-refractivity contribution is -0.145. The minimum Gasteiger partial charge on any atom is -0.493 e. The third kappa shape index (κ3) is 5.00. The summed E-state index contributed by atoms with van der Waals surface area (Å²) < 4.78 is 10.6. The first-order chi connectivity index (χ1) is 10.1. The lowest BCUT2D eigenvalue weighted by Crippen LogP contribution is -2.10. The molecule has 2 rings (SSSR count). The van der Waals surface area contributed by atoms with Gasteiger partial charge in [-0.2, -0.15) is 0 Å². The minimum atomic E-state index is -0.334. The van der Waals surface area contributed by atoms with Crippen molar-refractivity contribution in [2.45, 2.75) is 13.0 Å². The van der Waals surface area contributed by atoms with Crippen molar-refractivity contribution in [3.8, 4) is 5.75 Å². The van der Waals surface area contributed by atoms with Gasteiger partial charge in [-0.1, -0.05) is 35.9 Å². The van der Waals surface area contributed by atoms with Gasteiger partial charge in [0.1, 0.15) is 12.4 Å². The predicted molar refractivity (Wildman–Crippen MR) is 82.2 cm³/mol. The summed E-state index contributed by atoms with van der Waals surface area (Å²) in [4.78, 5) is 11.6. The summed E-state index contributed by atoms with van der Waals surface area (Å²) in [5.41, 5.74) is 7.03. The van der Waals surface area contributed by atoms with E-state index in [1.807, 2.05) is 18.2 Å². The van der Waals surface area contributed by atoms with Crippen LogP contribution in [0, 0.1) is 0 Å². The molecule has 110 valence electrons. The number of hydrogen-bond donors (Lipinski definition) is 1. The van der Waals surface area contributed by atoms with Crippen LogP contribution in [-0.4, -0.2) is 12.6 Å². The third-order valence-electron chi connectivity index (χ3n) is 2.78. The minimum absolute atomic E-state index is 0.163. The average Bonchev–Trinajstić information content (AvgIpc) is 2.46. The molecule has 2 aromatic carbocycles. The monoisotopic (exact) mass is 305 g/mol. The molecule has 21 heavy (non-hydrogen) atoms.